The summed E-state index contributed by atoms with van der Waals surface area (Å²) < 4.78 is 70.9. The highest BCUT2D eigenvalue weighted by Crippen LogP contribution is 2.36. The number of nitrogens with zero attached hydrogens (tertiary/aromatic N) is 3. The molecule has 1 aliphatic heterocycles. The minimum atomic E-state index is -4.44. The van der Waals surface area contributed by atoms with Gasteiger partial charge in [-0.1, -0.05) is 18.1 Å². The summed E-state index contributed by atoms with van der Waals surface area (Å²) in [4.78, 5) is 17.0. The predicted octanol–water partition coefficient (Wildman–Crippen LogP) is 4.84. The molecule has 2 fully saturated rings. The van der Waals surface area contributed by atoms with E-state index in [2.05, 4.69) is 29.1 Å². The Balaban J connectivity index is 1.27. The molecule has 3 N–H and O–H groups in total. The minimum absolute atomic E-state index is 0.0754. The lowest BCUT2D eigenvalue weighted by molar-refractivity contribution is -0.140. The first-order valence-electron chi connectivity index (χ1n) is 15.9. The quantitative estimate of drug-likeness (QED) is 0.315. The van der Waals surface area contributed by atoms with Gasteiger partial charge < -0.3 is 24.4 Å². The van der Waals surface area contributed by atoms with Crippen molar-refractivity contribution in [2.24, 2.45) is 17.0 Å². The van der Waals surface area contributed by atoms with Crippen molar-refractivity contribution in [2.45, 2.75) is 56.1 Å². The molecule has 0 radical (unpaired) electrons. The van der Waals surface area contributed by atoms with Crippen LogP contribution in [0, 0.1) is 23.7 Å². The van der Waals surface area contributed by atoms with Crippen molar-refractivity contribution in [1.29, 1.82) is 0 Å². The number of carbonyl (C=O) groups excluding carboxylic acids is 1. The monoisotopic (exact) mass is 673 g/mol. The molecule has 1 saturated carbocycles. The average molecular weight is 674 g/mol. The van der Waals surface area contributed by atoms with E-state index >= 15 is 0 Å². The van der Waals surface area contributed by atoms with E-state index in [0.717, 1.165) is 69.2 Å². The first-order chi connectivity index (χ1) is 22.3. The lowest BCUT2D eigenvalue weighted by atomic mass is 9.77. The van der Waals surface area contributed by atoms with Crippen molar-refractivity contribution >= 4 is 32.5 Å². The Labute approximate surface area is 274 Å². The second-order valence-electron chi connectivity index (χ2n) is 12.6. The lowest BCUT2D eigenvalue weighted by Crippen LogP contribution is -2.47. The number of amides is 1. The molecule has 47 heavy (non-hydrogen) atoms. The standard InChI is InChI=1S/C34H42F3N5O4S/c1-40-15-17-41(18-16-40)33(43)20-25-10-8-24(9-11-25)19-26-5-3-7-31-29(26)21-27(42(31)23-34(35,36)37)6-4-14-39-30-13-12-28(47(38,44)45)22-32(30)46-2/h3,5,7,12-13,21-22,24-25,39H,8-11,14-20,23H2,1-2H3,(H2,38,44,45). The number of sulfonamides is 1. The van der Waals surface area contributed by atoms with E-state index in [0.29, 0.717) is 29.5 Å². The number of rotatable bonds is 9. The van der Waals surface area contributed by atoms with Gasteiger partial charge in [0.25, 0.3) is 0 Å². The van der Waals surface area contributed by atoms with Crippen molar-refractivity contribution in [1.82, 2.24) is 14.4 Å². The van der Waals surface area contributed by atoms with Crippen molar-refractivity contribution in [3.05, 3.63) is 53.7 Å². The Morgan fingerprint density at radius 2 is 1.74 bits per heavy atom. The normalized spacial score (nSPS) is 19.3. The molecule has 3 aromatic rings. The molecule has 0 spiro atoms. The smallest absolute Gasteiger partial charge is 0.406 e. The number of nitrogens with one attached hydrogen (secondary N) is 1. The molecule has 5 rings (SSSR count). The largest absolute Gasteiger partial charge is 0.495 e. The first-order valence-corrected chi connectivity index (χ1v) is 17.4. The number of aromatic nitrogens is 1. The van der Waals surface area contributed by atoms with Crippen LogP contribution in [0.4, 0.5) is 18.9 Å². The van der Waals surface area contributed by atoms with Crippen LogP contribution in [0.2, 0.25) is 0 Å². The molecule has 1 amide bonds. The highest BCUT2D eigenvalue weighted by atomic mass is 32.2. The first kappa shape index (κ1) is 34.6. The zero-order valence-corrected chi connectivity index (χ0v) is 27.6. The number of hydrogen-bond acceptors (Lipinski definition) is 6. The molecule has 0 unspecified atom stereocenters. The molecule has 2 aliphatic rings. The Morgan fingerprint density at radius 3 is 2.40 bits per heavy atom. The van der Waals surface area contributed by atoms with Crippen molar-refractivity contribution in [2.75, 3.05) is 52.2 Å². The van der Waals surface area contributed by atoms with Gasteiger partial charge in [-0.05, 0) is 86.7 Å². The van der Waals surface area contributed by atoms with E-state index in [-0.39, 0.29) is 28.8 Å². The number of hydrogen-bond donors (Lipinski definition) is 2. The Kier molecular flexibility index (Phi) is 10.7. The van der Waals surface area contributed by atoms with Gasteiger partial charge in [-0.15, -0.1) is 0 Å². The number of halogens is 3. The zero-order chi connectivity index (χ0) is 33.8. The number of likely N-dealkylation sites (N-methyl/N-ethyl adjacent to an activating group) is 1. The van der Waals surface area contributed by atoms with E-state index in [1.54, 1.807) is 18.2 Å². The Bertz CT molecular complexity index is 1750. The highest BCUT2D eigenvalue weighted by molar-refractivity contribution is 7.89. The van der Waals surface area contributed by atoms with E-state index in [4.69, 9.17) is 9.88 Å². The number of ether oxygens (including phenoxy) is 1. The highest BCUT2D eigenvalue weighted by Gasteiger charge is 2.31. The molecule has 0 bridgehead atoms. The van der Waals surface area contributed by atoms with Crippen LogP contribution in [0.1, 0.15) is 43.4 Å². The third kappa shape index (κ3) is 9.00. The van der Waals surface area contributed by atoms with Crippen LogP contribution >= 0.6 is 0 Å². The van der Waals surface area contributed by atoms with E-state index in [9.17, 15) is 26.4 Å². The summed E-state index contributed by atoms with van der Waals surface area (Å²) in [5.41, 5.74) is 2.21. The molecule has 13 heteroatoms. The summed E-state index contributed by atoms with van der Waals surface area (Å²) in [5, 5.41) is 8.98. The summed E-state index contributed by atoms with van der Waals surface area (Å²) in [7, 11) is -0.460. The van der Waals surface area contributed by atoms with Crippen LogP contribution in [0.15, 0.2) is 47.4 Å². The molecule has 2 heterocycles. The van der Waals surface area contributed by atoms with Gasteiger partial charge in [0, 0.05) is 49.6 Å². The molecule has 9 nitrogen and oxygen atoms in total. The molecule has 0 atom stereocenters. The summed E-state index contributed by atoms with van der Waals surface area (Å²) >= 11 is 0. The van der Waals surface area contributed by atoms with Gasteiger partial charge in [0.15, 0.2) is 0 Å². The number of primary sulfonamides is 1. The van der Waals surface area contributed by atoms with Gasteiger partial charge >= 0.3 is 6.18 Å². The zero-order valence-electron chi connectivity index (χ0n) is 26.8. The number of benzene rings is 2. The maximum Gasteiger partial charge on any atom is 0.406 e. The number of piperazine rings is 1. The number of anilines is 1. The fraction of sp³-hybridized carbons (Fsp3) is 0.500. The molecule has 2 aromatic carbocycles. The SMILES string of the molecule is COc1cc(S(N)(=O)=O)ccc1NCC#Cc1cc2c(CC3CCC(CC(=O)N4CCN(C)CC4)CC3)cccc2n1CC(F)(F)F. The fourth-order valence-corrected chi connectivity index (χ4v) is 7.16. The lowest BCUT2D eigenvalue weighted by Gasteiger charge is -2.34. The minimum Gasteiger partial charge on any atom is -0.495 e. The molecular formula is C34H42F3N5O4S. The average Bonchev–Trinajstić information content (AvgIpc) is 3.36. The maximum atomic E-state index is 13.7. The Hall–Kier alpha value is -3.73. The van der Waals surface area contributed by atoms with Crippen LogP contribution in [-0.2, 0) is 27.8 Å². The molecular weight excluding hydrogens is 631 g/mol. The Morgan fingerprint density at radius 1 is 1.04 bits per heavy atom. The number of fused-ring (bicyclic) bond motifs is 1. The van der Waals surface area contributed by atoms with Gasteiger partial charge in [0.05, 0.1) is 29.9 Å². The summed E-state index contributed by atoms with van der Waals surface area (Å²) in [6.45, 7) is 2.32. The van der Waals surface area contributed by atoms with Gasteiger partial charge in [-0.3, -0.25) is 4.79 Å². The van der Waals surface area contributed by atoms with Crippen LogP contribution in [-0.4, -0.2) is 81.7 Å². The van der Waals surface area contributed by atoms with Gasteiger partial charge in [0.1, 0.15) is 12.3 Å². The third-order valence-electron chi connectivity index (χ3n) is 9.25. The van der Waals surface area contributed by atoms with Gasteiger partial charge in [-0.25, -0.2) is 13.6 Å². The van der Waals surface area contributed by atoms with Gasteiger partial charge in [0.2, 0.25) is 15.9 Å². The van der Waals surface area contributed by atoms with E-state index in [1.165, 1.54) is 29.9 Å². The van der Waals surface area contributed by atoms with Crippen molar-refractivity contribution in [3.63, 3.8) is 0 Å². The number of nitrogens with two attached hydrogens (primary N) is 1. The van der Waals surface area contributed by atoms with Crippen LogP contribution in [0.25, 0.3) is 10.9 Å². The number of carbonyl (C=O) groups is 1. The summed E-state index contributed by atoms with van der Waals surface area (Å²) in [6, 6.07) is 11.3. The van der Waals surface area contributed by atoms with Crippen molar-refractivity contribution in [3.8, 4) is 17.6 Å². The molecule has 1 aromatic heterocycles. The van der Waals surface area contributed by atoms with Crippen LogP contribution in [0.5, 0.6) is 5.75 Å². The molecule has 254 valence electrons. The van der Waals surface area contributed by atoms with E-state index in [1.807, 2.05) is 11.0 Å². The summed E-state index contributed by atoms with van der Waals surface area (Å²) in [5.74, 6) is 7.08. The van der Waals surface area contributed by atoms with Gasteiger partial charge in [-0.2, -0.15) is 13.2 Å². The van der Waals surface area contributed by atoms with Crippen LogP contribution in [0.3, 0.4) is 0 Å². The third-order valence-corrected chi connectivity index (χ3v) is 10.2. The fourth-order valence-electron chi connectivity index (χ4n) is 6.63. The van der Waals surface area contributed by atoms with E-state index < -0.39 is 22.7 Å². The topological polar surface area (TPSA) is 110 Å². The number of methoxy groups -OCH3 is 1. The second kappa shape index (κ2) is 14.6. The maximum absolute atomic E-state index is 13.7. The second-order valence-corrected chi connectivity index (χ2v) is 14.2. The predicted molar refractivity (Wildman–Crippen MR) is 176 cm³/mol. The van der Waals surface area contributed by atoms with Crippen LogP contribution < -0.4 is 15.2 Å². The van der Waals surface area contributed by atoms with Crippen molar-refractivity contribution < 1.29 is 31.1 Å². The molecule has 1 aliphatic carbocycles. The number of alkyl halides is 3. The summed E-state index contributed by atoms with van der Waals surface area (Å²) in [6.07, 6.45) is 0.852. The molecule has 1 saturated heterocycles.